The molecular weight excluding hydrogens is 576 g/mol. The molecule has 7 aromatic carbocycles. The first-order valence-electron chi connectivity index (χ1n) is 14.1. The number of hydrogen-bond donors (Lipinski definition) is 0. The summed E-state index contributed by atoms with van der Waals surface area (Å²) in [6.45, 7) is 0. The van der Waals surface area contributed by atoms with Crippen LogP contribution >= 0.6 is 15.9 Å². The lowest BCUT2D eigenvalue weighted by atomic mass is 9.93. The molecule has 0 aliphatic carbocycles. The Kier molecular flexibility index (Phi) is 5.98. The number of benzene rings is 7. The minimum atomic E-state index is 0.970. The van der Waals surface area contributed by atoms with Crippen molar-refractivity contribution >= 4 is 65.3 Å². The van der Waals surface area contributed by atoms with Crippen molar-refractivity contribution in [2.75, 3.05) is 4.90 Å². The first-order valence-corrected chi connectivity index (χ1v) is 14.9. The summed E-state index contributed by atoms with van der Waals surface area (Å²) in [4.78, 5) is 6.90. The fraction of sp³-hybridized carbons (Fsp3) is 0. The average Bonchev–Trinajstić information content (AvgIpc) is 3.05. The van der Waals surface area contributed by atoms with Crippen molar-refractivity contribution in [2.45, 2.75) is 0 Å². The fourth-order valence-corrected chi connectivity index (χ4v) is 6.34. The Morgan fingerprint density at radius 1 is 0.429 bits per heavy atom. The monoisotopic (exact) mass is 600 g/mol. The summed E-state index contributed by atoms with van der Waals surface area (Å²) < 4.78 is 1.08. The van der Waals surface area contributed by atoms with E-state index in [1.54, 1.807) is 0 Å². The van der Waals surface area contributed by atoms with Gasteiger partial charge in [-0.3, -0.25) is 4.98 Å². The predicted octanol–water partition coefficient (Wildman–Crippen LogP) is 11.5. The molecule has 0 unspecified atom stereocenters. The van der Waals surface area contributed by atoms with Crippen LogP contribution in [0.5, 0.6) is 0 Å². The lowest BCUT2D eigenvalue weighted by molar-refractivity contribution is 1.28. The van der Waals surface area contributed by atoms with Gasteiger partial charge in [-0.15, -0.1) is 0 Å². The predicted molar refractivity (Wildman–Crippen MR) is 181 cm³/mol. The van der Waals surface area contributed by atoms with E-state index < -0.39 is 0 Å². The van der Waals surface area contributed by atoms with E-state index in [0.29, 0.717) is 0 Å². The van der Waals surface area contributed by atoms with E-state index >= 15 is 0 Å². The van der Waals surface area contributed by atoms with Gasteiger partial charge < -0.3 is 4.90 Å². The first kappa shape index (κ1) is 24.8. The molecule has 0 amide bonds. The number of hydrogen-bond acceptors (Lipinski definition) is 2. The molecule has 8 aromatic rings. The molecule has 0 radical (unpaired) electrons. The molecule has 0 saturated heterocycles. The van der Waals surface area contributed by atoms with E-state index in [1.807, 2.05) is 24.4 Å². The molecule has 42 heavy (non-hydrogen) atoms. The Balaban J connectivity index is 1.28. The van der Waals surface area contributed by atoms with Crippen LogP contribution in [-0.2, 0) is 0 Å². The van der Waals surface area contributed by atoms with Crippen LogP contribution < -0.4 is 4.90 Å². The van der Waals surface area contributed by atoms with Gasteiger partial charge in [-0.05, 0) is 104 Å². The van der Waals surface area contributed by atoms with Gasteiger partial charge in [-0.25, -0.2) is 0 Å². The van der Waals surface area contributed by atoms with E-state index in [0.717, 1.165) is 32.8 Å². The van der Waals surface area contributed by atoms with Crippen LogP contribution in [0, 0.1) is 0 Å². The normalized spacial score (nSPS) is 11.5. The SMILES string of the molecule is Brc1ccc(-c2ccc(N(c3ccc(-c4ccccn4)cc3)c3cc4ccc5cccc6ccc(c3)c4c56)cc2)cc1. The number of pyridine rings is 1. The Hall–Kier alpha value is -4.99. The third kappa shape index (κ3) is 4.30. The van der Waals surface area contributed by atoms with E-state index in [2.05, 4.69) is 153 Å². The van der Waals surface area contributed by atoms with Gasteiger partial charge in [0.1, 0.15) is 0 Å². The van der Waals surface area contributed by atoms with Crippen LogP contribution in [0.25, 0.3) is 54.7 Å². The van der Waals surface area contributed by atoms with E-state index in [9.17, 15) is 0 Å². The maximum atomic E-state index is 4.55. The van der Waals surface area contributed by atoms with E-state index in [4.69, 9.17) is 0 Å². The topological polar surface area (TPSA) is 16.1 Å². The highest BCUT2D eigenvalue weighted by Crippen LogP contribution is 2.42. The van der Waals surface area contributed by atoms with Gasteiger partial charge in [0.25, 0.3) is 0 Å². The van der Waals surface area contributed by atoms with Gasteiger partial charge in [0, 0.05) is 33.3 Å². The second-order valence-corrected chi connectivity index (χ2v) is 11.5. The zero-order chi connectivity index (χ0) is 28.0. The maximum Gasteiger partial charge on any atom is 0.0701 e. The second-order valence-electron chi connectivity index (χ2n) is 10.6. The van der Waals surface area contributed by atoms with Crippen LogP contribution in [-0.4, -0.2) is 4.98 Å². The average molecular weight is 602 g/mol. The van der Waals surface area contributed by atoms with Crippen LogP contribution in [0.4, 0.5) is 17.1 Å². The number of rotatable bonds is 5. The third-order valence-corrected chi connectivity index (χ3v) is 8.62. The molecule has 0 aliphatic rings. The van der Waals surface area contributed by atoms with Crippen molar-refractivity contribution in [1.29, 1.82) is 0 Å². The highest BCUT2D eigenvalue weighted by Gasteiger charge is 2.17. The summed E-state index contributed by atoms with van der Waals surface area (Å²) >= 11 is 3.55. The molecule has 2 nitrogen and oxygen atoms in total. The van der Waals surface area contributed by atoms with Crippen molar-refractivity contribution in [3.63, 3.8) is 0 Å². The van der Waals surface area contributed by atoms with Crippen molar-refractivity contribution in [2.24, 2.45) is 0 Å². The third-order valence-electron chi connectivity index (χ3n) is 8.10. The van der Waals surface area contributed by atoms with Crippen LogP contribution in [0.3, 0.4) is 0 Å². The molecule has 0 fully saturated rings. The Labute approximate surface area is 253 Å². The quantitative estimate of drug-likeness (QED) is 0.183. The zero-order valence-electron chi connectivity index (χ0n) is 22.7. The lowest BCUT2D eigenvalue weighted by Gasteiger charge is -2.27. The molecule has 8 rings (SSSR count). The molecule has 3 heteroatoms. The molecule has 0 atom stereocenters. The number of aromatic nitrogens is 1. The number of halogens is 1. The highest BCUT2D eigenvalue weighted by atomic mass is 79.9. The van der Waals surface area contributed by atoms with Gasteiger partial charge in [0.05, 0.1) is 5.69 Å². The van der Waals surface area contributed by atoms with Crippen molar-refractivity contribution in [3.8, 4) is 22.4 Å². The smallest absolute Gasteiger partial charge is 0.0701 e. The molecule has 0 spiro atoms. The second kappa shape index (κ2) is 10.1. The summed E-state index contributed by atoms with van der Waals surface area (Å²) in [7, 11) is 0. The van der Waals surface area contributed by atoms with Crippen LogP contribution in [0.1, 0.15) is 0 Å². The summed E-state index contributed by atoms with van der Waals surface area (Å²) in [6.07, 6.45) is 1.84. The summed E-state index contributed by atoms with van der Waals surface area (Å²) in [5.74, 6) is 0. The van der Waals surface area contributed by atoms with Gasteiger partial charge in [-0.1, -0.05) is 101 Å². The molecule has 0 saturated carbocycles. The van der Waals surface area contributed by atoms with Gasteiger partial charge in [0.2, 0.25) is 0 Å². The van der Waals surface area contributed by atoms with Crippen LogP contribution in [0.2, 0.25) is 0 Å². The Bertz CT molecular complexity index is 2110. The minimum Gasteiger partial charge on any atom is -0.310 e. The van der Waals surface area contributed by atoms with Crippen molar-refractivity contribution in [1.82, 2.24) is 4.98 Å². The van der Waals surface area contributed by atoms with Crippen LogP contribution in [0.15, 0.2) is 156 Å². The molecule has 198 valence electrons. The molecular formula is C39H25BrN2. The Morgan fingerprint density at radius 2 is 0.952 bits per heavy atom. The van der Waals surface area contributed by atoms with Gasteiger partial charge >= 0.3 is 0 Å². The molecule has 1 heterocycles. The van der Waals surface area contributed by atoms with E-state index in [-0.39, 0.29) is 0 Å². The largest absolute Gasteiger partial charge is 0.310 e. The lowest BCUT2D eigenvalue weighted by Crippen LogP contribution is -2.10. The van der Waals surface area contributed by atoms with Crippen molar-refractivity contribution < 1.29 is 0 Å². The molecule has 0 aliphatic heterocycles. The first-order chi connectivity index (χ1) is 20.7. The summed E-state index contributed by atoms with van der Waals surface area (Å²) in [6, 6.07) is 52.2. The number of nitrogens with zero attached hydrogens (tertiary/aromatic N) is 2. The summed E-state index contributed by atoms with van der Waals surface area (Å²) in [5, 5.41) is 7.71. The maximum absolute atomic E-state index is 4.55. The minimum absolute atomic E-state index is 0.970. The van der Waals surface area contributed by atoms with Gasteiger partial charge in [0.15, 0.2) is 0 Å². The molecule has 1 aromatic heterocycles. The fourth-order valence-electron chi connectivity index (χ4n) is 6.07. The zero-order valence-corrected chi connectivity index (χ0v) is 24.3. The van der Waals surface area contributed by atoms with Gasteiger partial charge in [-0.2, -0.15) is 0 Å². The van der Waals surface area contributed by atoms with Crippen molar-refractivity contribution in [3.05, 3.63) is 156 Å². The van der Waals surface area contributed by atoms with E-state index in [1.165, 1.54) is 43.4 Å². The number of anilines is 3. The summed E-state index contributed by atoms with van der Waals surface area (Å²) in [5.41, 5.74) is 7.78. The highest BCUT2D eigenvalue weighted by molar-refractivity contribution is 9.10. The standard InChI is InChI=1S/C39H25BrN2/c40-33-17-11-26(12-18-33)27-13-19-34(20-14-27)42(35-21-15-28(16-22-35)37-6-1-2-23-41-37)36-24-31-9-7-29-4-3-5-30-8-10-32(25-36)39(31)38(29)30/h1-25H. The Morgan fingerprint density at radius 3 is 1.52 bits per heavy atom. The molecule has 0 N–H and O–H groups in total. The molecule has 0 bridgehead atoms.